The maximum absolute atomic E-state index is 10.6. The molecule has 92 valence electrons. The lowest BCUT2D eigenvalue weighted by Gasteiger charge is -2.29. The van der Waals surface area contributed by atoms with Crippen molar-refractivity contribution in [3.05, 3.63) is 35.9 Å². The highest BCUT2D eigenvalue weighted by Crippen LogP contribution is 2.23. The van der Waals surface area contributed by atoms with Crippen LogP contribution >= 0.6 is 0 Å². The van der Waals surface area contributed by atoms with E-state index in [0.717, 1.165) is 17.8 Å². The van der Waals surface area contributed by atoms with E-state index >= 15 is 0 Å². The van der Waals surface area contributed by atoms with Gasteiger partial charge < -0.3 is 10.0 Å². The Morgan fingerprint density at radius 3 is 2.59 bits per heavy atom. The Morgan fingerprint density at radius 2 is 2.06 bits per heavy atom. The Labute approximate surface area is 102 Å². The van der Waals surface area contributed by atoms with Crippen LogP contribution in [0.1, 0.15) is 26.3 Å². The summed E-state index contributed by atoms with van der Waals surface area (Å²) in [6.07, 6.45) is 2.82. The fourth-order valence-corrected chi connectivity index (χ4v) is 1.86. The van der Waals surface area contributed by atoms with E-state index in [1.54, 1.807) is 6.08 Å². The van der Waals surface area contributed by atoms with E-state index in [1.807, 2.05) is 24.3 Å². The molecule has 1 aromatic rings. The van der Waals surface area contributed by atoms with Gasteiger partial charge >= 0.3 is 5.97 Å². The molecule has 17 heavy (non-hydrogen) atoms. The topological polar surface area (TPSA) is 40.5 Å². The molecule has 0 saturated heterocycles. The maximum Gasteiger partial charge on any atom is 0.328 e. The molecule has 0 radical (unpaired) electrons. The molecule has 1 rings (SSSR count). The first-order valence-corrected chi connectivity index (χ1v) is 5.83. The molecule has 0 bridgehead atoms. The summed E-state index contributed by atoms with van der Waals surface area (Å²) in [5.74, 6) is -0.924. The highest BCUT2D eigenvalue weighted by molar-refractivity contribution is 5.87. The van der Waals surface area contributed by atoms with Crippen LogP contribution in [0.25, 0.3) is 6.08 Å². The summed E-state index contributed by atoms with van der Waals surface area (Å²) in [4.78, 5) is 12.8. The number of benzene rings is 1. The lowest BCUT2D eigenvalue weighted by Crippen LogP contribution is -2.30. The molecule has 0 aliphatic rings. The van der Waals surface area contributed by atoms with Crippen molar-refractivity contribution in [3.63, 3.8) is 0 Å². The van der Waals surface area contributed by atoms with Crippen LogP contribution in [0.5, 0.6) is 0 Å². The molecule has 0 amide bonds. The van der Waals surface area contributed by atoms with Gasteiger partial charge in [-0.25, -0.2) is 4.79 Å². The summed E-state index contributed by atoms with van der Waals surface area (Å²) < 4.78 is 0. The first kappa shape index (κ1) is 13.3. The summed E-state index contributed by atoms with van der Waals surface area (Å²) in [5, 5.41) is 8.67. The zero-order chi connectivity index (χ0) is 12.8. The van der Waals surface area contributed by atoms with Crippen molar-refractivity contribution in [2.24, 2.45) is 0 Å². The molecule has 3 nitrogen and oxygen atoms in total. The summed E-state index contributed by atoms with van der Waals surface area (Å²) in [7, 11) is 0. The molecule has 3 heteroatoms. The number of hydrogen-bond donors (Lipinski definition) is 1. The van der Waals surface area contributed by atoms with Crippen LogP contribution in [0.4, 0.5) is 5.69 Å². The SMILES string of the molecule is CCN(c1ccccc1/C=C/C(=O)O)C(C)C. The highest BCUT2D eigenvalue weighted by Gasteiger charge is 2.10. The number of hydrogen-bond acceptors (Lipinski definition) is 2. The minimum Gasteiger partial charge on any atom is -0.478 e. The average Bonchev–Trinajstić information content (AvgIpc) is 2.28. The lowest BCUT2D eigenvalue weighted by atomic mass is 10.1. The normalized spacial score (nSPS) is 11.1. The summed E-state index contributed by atoms with van der Waals surface area (Å²) in [6.45, 7) is 7.25. The number of aliphatic carboxylic acids is 1. The Morgan fingerprint density at radius 1 is 1.41 bits per heavy atom. The van der Waals surface area contributed by atoms with E-state index < -0.39 is 5.97 Å². The van der Waals surface area contributed by atoms with Gasteiger partial charge in [0.05, 0.1) is 0 Å². The number of carboxylic acids is 1. The van der Waals surface area contributed by atoms with E-state index in [1.165, 1.54) is 6.08 Å². The van der Waals surface area contributed by atoms with E-state index in [-0.39, 0.29) is 0 Å². The molecule has 0 atom stereocenters. The monoisotopic (exact) mass is 233 g/mol. The van der Waals surface area contributed by atoms with Gasteiger partial charge in [0, 0.05) is 24.4 Å². The predicted octanol–water partition coefficient (Wildman–Crippen LogP) is 3.02. The molecule has 0 aliphatic carbocycles. The molecule has 0 aromatic heterocycles. The number of nitrogens with zero attached hydrogens (tertiary/aromatic N) is 1. The third kappa shape index (κ3) is 3.63. The number of carboxylic acid groups (broad SMARTS) is 1. The number of carbonyl (C=O) groups is 1. The minimum atomic E-state index is -0.924. The van der Waals surface area contributed by atoms with Crippen molar-refractivity contribution in [3.8, 4) is 0 Å². The van der Waals surface area contributed by atoms with E-state index in [9.17, 15) is 4.79 Å². The molecular formula is C14H19NO2. The molecule has 0 spiro atoms. The second-order valence-corrected chi connectivity index (χ2v) is 4.11. The Balaban J connectivity index is 3.10. The third-order valence-electron chi connectivity index (χ3n) is 2.62. The van der Waals surface area contributed by atoms with Crippen LogP contribution in [-0.4, -0.2) is 23.7 Å². The average molecular weight is 233 g/mol. The second-order valence-electron chi connectivity index (χ2n) is 4.11. The van der Waals surface area contributed by atoms with Gasteiger partial charge in [-0.3, -0.25) is 0 Å². The molecule has 0 fully saturated rings. The van der Waals surface area contributed by atoms with Crippen molar-refractivity contribution in [2.45, 2.75) is 26.8 Å². The van der Waals surface area contributed by atoms with Gasteiger partial charge in [0.1, 0.15) is 0 Å². The molecule has 0 unspecified atom stereocenters. The second kappa shape index (κ2) is 6.09. The largest absolute Gasteiger partial charge is 0.478 e. The molecule has 0 heterocycles. The van der Waals surface area contributed by atoms with Gasteiger partial charge in [0.15, 0.2) is 0 Å². The van der Waals surface area contributed by atoms with Gasteiger partial charge in [0.2, 0.25) is 0 Å². The maximum atomic E-state index is 10.6. The van der Waals surface area contributed by atoms with Crippen LogP contribution in [0, 0.1) is 0 Å². The number of anilines is 1. The van der Waals surface area contributed by atoms with Crippen LogP contribution in [0.15, 0.2) is 30.3 Å². The molecule has 1 aromatic carbocycles. The van der Waals surface area contributed by atoms with Crippen LogP contribution in [-0.2, 0) is 4.79 Å². The van der Waals surface area contributed by atoms with Crippen molar-refractivity contribution >= 4 is 17.7 Å². The molecule has 0 aliphatic heterocycles. The van der Waals surface area contributed by atoms with Crippen molar-refractivity contribution in [2.75, 3.05) is 11.4 Å². The van der Waals surface area contributed by atoms with Gasteiger partial charge in [-0.2, -0.15) is 0 Å². The number of rotatable bonds is 5. The van der Waals surface area contributed by atoms with Crippen LogP contribution in [0.3, 0.4) is 0 Å². The van der Waals surface area contributed by atoms with Crippen molar-refractivity contribution in [1.29, 1.82) is 0 Å². The molecule has 1 N–H and O–H groups in total. The lowest BCUT2D eigenvalue weighted by molar-refractivity contribution is -0.131. The quantitative estimate of drug-likeness (QED) is 0.795. The first-order valence-electron chi connectivity index (χ1n) is 5.83. The molecular weight excluding hydrogens is 214 g/mol. The fraction of sp³-hybridized carbons (Fsp3) is 0.357. The van der Waals surface area contributed by atoms with Gasteiger partial charge in [-0.05, 0) is 38.5 Å². The third-order valence-corrected chi connectivity index (χ3v) is 2.62. The van der Waals surface area contributed by atoms with Crippen LogP contribution in [0.2, 0.25) is 0 Å². The standard InChI is InChI=1S/C14H19NO2/c1-4-15(11(2)3)13-8-6-5-7-12(13)9-10-14(16)17/h5-11H,4H2,1-3H3,(H,16,17)/b10-9+. The zero-order valence-corrected chi connectivity index (χ0v) is 10.6. The van der Waals surface area contributed by atoms with Crippen LogP contribution < -0.4 is 4.90 Å². The summed E-state index contributed by atoms with van der Waals surface area (Å²) in [5.41, 5.74) is 2.01. The fourth-order valence-electron chi connectivity index (χ4n) is 1.86. The van der Waals surface area contributed by atoms with E-state index in [2.05, 4.69) is 25.7 Å². The van der Waals surface area contributed by atoms with Gasteiger partial charge in [0.25, 0.3) is 0 Å². The van der Waals surface area contributed by atoms with Gasteiger partial charge in [-0.15, -0.1) is 0 Å². The summed E-state index contributed by atoms with van der Waals surface area (Å²) in [6, 6.07) is 8.22. The Hall–Kier alpha value is -1.77. The Kier molecular flexibility index (Phi) is 4.76. The first-order chi connectivity index (χ1) is 8.06. The molecule has 0 saturated carbocycles. The minimum absolute atomic E-state index is 0.388. The van der Waals surface area contributed by atoms with Gasteiger partial charge in [-0.1, -0.05) is 18.2 Å². The zero-order valence-electron chi connectivity index (χ0n) is 10.6. The van der Waals surface area contributed by atoms with E-state index in [0.29, 0.717) is 6.04 Å². The highest BCUT2D eigenvalue weighted by atomic mass is 16.4. The van der Waals surface area contributed by atoms with E-state index in [4.69, 9.17) is 5.11 Å². The number of para-hydroxylation sites is 1. The predicted molar refractivity (Wildman–Crippen MR) is 71.3 cm³/mol. The van der Waals surface area contributed by atoms with Crippen molar-refractivity contribution in [1.82, 2.24) is 0 Å². The Bertz CT molecular complexity index is 410. The smallest absolute Gasteiger partial charge is 0.328 e. The van der Waals surface area contributed by atoms with Crippen molar-refractivity contribution < 1.29 is 9.90 Å². The summed E-state index contributed by atoms with van der Waals surface area (Å²) >= 11 is 0.